The number of alkyl halides is 3. The number of anilines is 1. The monoisotopic (exact) mass is 358 g/mol. The second-order valence-electron chi connectivity index (χ2n) is 7.29. The van der Waals surface area contributed by atoms with E-state index >= 15 is 0 Å². The van der Waals surface area contributed by atoms with Crippen molar-refractivity contribution in [3.05, 3.63) is 11.8 Å². The second-order valence-corrected chi connectivity index (χ2v) is 7.29. The Morgan fingerprint density at radius 3 is 2.76 bits per heavy atom. The predicted molar refractivity (Wildman–Crippen MR) is 88.2 cm³/mol. The van der Waals surface area contributed by atoms with Crippen LogP contribution in [-0.2, 0) is 4.79 Å². The van der Waals surface area contributed by atoms with E-state index in [9.17, 15) is 18.0 Å². The molecule has 5 nitrogen and oxygen atoms in total. The van der Waals surface area contributed by atoms with Gasteiger partial charge in [-0.2, -0.15) is 18.3 Å². The van der Waals surface area contributed by atoms with E-state index in [-0.39, 0.29) is 30.3 Å². The molecule has 3 rings (SSSR count). The predicted octanol–water partition coefficient (Wildman–Crippen LogP) is 3.90. The summed E-state index contributed by atoms with van der Waals surface area (Å²) in [5, 5.41) is 7.44. The molecule has 1 N–H and O–H groups in total. The average molecular weight is 358 g/mol. The molecule has 2 aliphatic rings. The molecule has 1 aromatic heterocycles. The fourth-order valence-corrected chi connectivity index (χ4v) is 3.77. The number of amides is 1. The van der Waals surface area contributed by atoms with E-state index in [1.807, 2.05) is 20.8 Å². The average Bonchev–Trinajstić information content (AvgIpc) is 3.17. The highest BCUT2D eigenvalue weighted by atomic mass is 19.4. The minimum atomic E-state index is -4.34. The van der Waals surface area contributed by atoms with E-state index in [4.69, 9.17) is 0 Å². The van der Waals surface area contributed by atoms with Crippen molar-refractivity contribution in [2.45, 2.75) is 70.8 Å². The van der Waals surface area contributed by atoms with E-state index in [0.29, 0.717) is 24.5 Å². The van der Waals surface area contributed by atoms with Gasteiger partial charge in [-0.3, -0.25) is 4.79 Å². The molecule has 1 amide bonds. The lowest BCUT2D eigenvalue weighted by atomic mass is 10.0. The Labute approximate surface area is 145 Å². The number of hydrogen-bond acceptors (Lipinski definition) is 3. The zero-order chi connectivity index (χ0) is 18.4. The van der Waals surface area contributed by atoms with Crippen LogP contribution in [0.15, 0.2) is 6.07 Å². The molecular weight excluding hydrogens is 333 g/mol. The van der Waals surface area contributed by atoms with Crippen molar-refractivity contribution in [1.82, 2.24) is 14.7 Å². The lowest BCUT2D eigenvalue weighted by Gasteiger charge is -2.32. The molecule has 1 saturated heterocycles. The summed E-state index contributed by atoms with van der Waals surface area (Å²) >= 11 is 0. The first-order chi connectivity index (χ1) is 11.7. The largest absolute Gasteiger partial charge is 0.410 e. The zero-order valence-electron chi connectivity index (χ0n) is 14.8. The molecule has 25 heavy (non-hydrogen) atoms. The smallest absolute Gasteiger partial charge is 0.367 e. The number of aromatic nitrogens is 2. The number of hydrogen-bond donors (Lipinski definition) is 1. The first-order valence-corrected chi connectivity index (χ1v) is 8.95. The van der Waals surface area contributed by atoms with Crippen LogP contribution in [0.2, 0.25) is 0 Å². The van der Waals surface area contributed by atoms with Crippen LogP contribution in [0.5, 0.6) is 0 Å². The number of nitrogens with zero attached hydrogens (tertiary/aromatic N) is 3. The van der Waals surface area contributed by atoms with Crippen LogP contribution >= 0.6 is 0 Å². The summed E-state index contributed by atoms with van der Waals surface area (Å²) < 4.78 is 41.5. The normalized spacial score (nSPS) is 26.7. The van der Waals surface area contributed by atoms with Gasteiger partial charge < -0.3 is 10.2 Å². The highest BCUT2D eigenvalue weighted by molar-refractivity contribution is 5.78. The molecule has 8 heteroatoms. The van der Waals surface area contributed by atoms with Crippen molar-refractivity contribution >= 4 is 11.7 Å². The van der Waals surface area contributed by atoms with Gasteiger partial charge in [-0.25, -0.2) is 4.68 Å². The van der Waals surface area contributed by atoms with E-state index < -0.39 is 12.2 Å². The first kappa shape index (κ1) is 18.1. The van der Waals surface area contributed by atoms with Crippen molar-refractivity contribution in [3.63, 3.8) is 0 Å². The Morgan fingerprint density at radius 1 is 1.44 bits per heavy atom. The van der Waals surface area contributed by atoms with Crippen LogP contribution in [-0.4, -0.2) is 39.4 Å². The van der Waals surface area contributed by atoms with Crippen molar-refractivity contribution in [2.75, 3.05) is 11.9 Å². The van der Waals surface area contributed by atoms with Crippen molar-refractivity contribution in [3.8, 4) is 0 Å². The van der Waals surface area contributed by atoms with Crippen molar-refractivity contribution in [1.29, 1.82) is 0 Å². The van der Waals surface area contributed by atoms with Crippen LogP contribution in [0.3, 0.4) is 0 Å². The van der Waals surface area contributed by atoms with E-state index in [1.165, 1.54) is 0 Å². The Bertz CT molecular complexity index is 640. The topological polar surface area (TPSA) is 50.2 Å². The maximum atomic E-state index is 13.5. The number of nitrogens with one attached hydrogen (secondary N) is 1. The summed E-state index contributed by atoms with van der Waals surface area (Å²) in [6.45, 7) is 6.18. The van der Waals surface area contributed by atoms with Crippen molar-refractivity contribution in [2.24, 2.45) is 5.92 Å². The molecule has 1 aromatic rings. The van der Waals surface area contributed by atoms with Crippen LogP contribution < -0.4 is 5.32 Å². The van der Waals surface area contributed by atoms with Gasteiger partial charge in [0.05, 0.1) is 11.7 Å². The molecule has 1 fully saturated rings. The van der Waals surface area contributed by atoms with Gasteiger partial charge in [0.15, 0.2) is 6.04 Å². The number of carbonyl (C=O) groups is 1. The molecule has 0 aromatic carbocycles. The molecule has 0 bridgehead atoms. The third kappa shape index (κ3) is 3.35. The minimum absolute atomic E-state index is 0.0204. The molecule has 0 radical (unpaired) electrons. The molecule has 2 aliphatic heterocycles. The fourth-order valence-electron chi connectivity index (χ4n) is 3.77. The third-order valence-electron chi connectivity index (χ3n) is 5.15. The van der Waals surface area contributed by atoms with Gasteiger partial charge in [-0.1, -0.05) is 20.8 Å². The van der Waals surface area contributed by atoms with E-state index in [2.05, 4.69) is 10.4 Å². The van der Waals surface area contributed by atoms with Crippen molar-refractivity contribution < 1.29 is 18.0 Å². The van der Waals surface area contributed by atoms with Gasteiger partial charge in [-0.15, -0.1) is 0 Å². The Morgan fingerprint density at radius 2 is 2.16 bits per heavy atom. The molecule has 0 saturated carbocycles. The Hall–Kier alpha value is -1.73. The molecular formula is C17H25F3N4O. The summed E-state index contributed by atoms with van der Waals surface area (Å²) in [6.07, 6.45) is -2.15. The van der Waals surface area contributed by atoms with Crippen LogP contribution in [0.25, 0.3) is 0 Å². The maximum absolute atomic E-state index is 13.5. The number of halogens is 3. The van der Waals surface area contributed by atoms with Gasteiger partial charge in [0.1, 0.15) is 5.82 Å². The SMILES string of the molecule is CC[C@@H]1C[C@H](C(F)(F)F)n2nc([C@H]3CCCN3C(=O)C(C)C)cc2N1. The first-order valence-electron chi connectivity index (χ1n) is 8.95. The molecule has 0 unspecified atom stereocenters. The summed E-state index contributed by atoms with van der Waals surface area (Å²) in [5.41, 5.74) is 0.556. The van der Waals surface area contributed by atoms with Crippen LogP contribution in [0.1, 0.15) is 64.2 Å². The zero-order valence-corrected chi connectivity index (χ0v) is 14.8. The van der Waals surface area contributed by atoms with Gasteiger partial charge in [0, 0.05) is 24.6 Å². The van der Waals surface area contributed by atoms with Gasteiger partial charge in [0.2, 0.25) is 5.91 Å². The molecule has 0 spiro atoms. The van der Waals surface area contributed by atoms with Gasteiger partial charge in [0.25, 0.3) is 0 Å². The summed E-state index contributed by atoms with van der Waals surface area (Å²) in [6, 6.07) is -0.375. The highest BCUT2D eigenvalue weighted by Crippen LogP contribution is 2.42. The van der Waals surface area contributed by atoms with Crippen LogP contribution in [0, 0.1) is 5.92 Å². The van der Waals surface area contributed by atoms with E-state index in [0.717, 1.165) is 17.5 Å². The summed E-state index contributed by atoms with van der Waals surface area (Å²) in [7, 11) is 0. The number of carbonyl (C=O) groups excluding carboxylic acids is 1. The minimum Gasteiger partial charge on any atom is -0.367 e. The fraction of sp³-hybridized carbons (Fsp3) is 0.765. The number of rotatable bonds is 3. The number of fused-ring (bicyclic) bond motifs is 1. The summed E-state index contributed by atoms with van der Waals surface area (Å²) in [5.74, 6) is 0.294. The molecule has 3 heterocycles. The maximum Gasteiger partial charge on any atom is 0.410 e. The summed E-state index contributed by atoms with van der Waals surface area (Å²) in [4.78, 5) is 14.2. The Balaban J connectivity index is 1.93. The van der Waals surface area contributed by atoms with Gasteiger partial charge in [-0.05, 0) is 25.7 Å². The van der Waals surface area contributed by atoms with Crippen LogP contribution in [0.4, 0.5) is 19.0 Å². The molecule has 0 aliphatic carbocycles. The third-order valence-corrected chi connectivity index (χ3v) is 5.15. The highest BCUT2D eigenvalue weighted by Gasteiger charge is 2.46. The second kappa shape index (κ2) is 6.53. The van der Waals surface area contributed by atoms with E-state index in [1.54, 1.807) is 11.0 Å². The lowest BCUT2D eigenvalue weighted by Crippen LogP contribution is -2.39. The van der Waals surface area contributed by atoms with Gasteiger partial charge >= 0.3 is 6.18 Å². The standard InChI is InChI=1S/C17H25F3N4O/c1-4-11-8-14(17(18,19)20)24-15(21-11)9-12(22-24)13-6-5-7-23(13)16(25)10(2)3/h9-11,13-14,21H,4-8H2,1-3H3/t11-,13-,14-/m1/s1. The Kier molecular flexibility index (Phi) is 4.72. The molecule has 140 valence electrons. The number of likely N-dealkylation sites (tertiary alicyclic amines) is 1. The lowest BCUT2D eigenvalue weighted by molar-refractivity contribution is -0.173. The molecule has 3 atom stereocenters. The quantitative estimate of drug-likeness (QED) is 0.892.